The second kappa shape index (κ2) is 6.72. The first-order valence-corrected chi connectivity index (χ1v) is 10.8. The second-order valence-electron chi connectivity index (χ2n) is 8.88. The molecular formula is C26H22N2O4. The predicted octanol–water partition coefficient (Wildman–Crippen LogP) is 3.58. The van der Waals surface area contributed by atoms with Gasteiger partial charge in [0.25, 0.3) is 0 Å². The number of rotatable bonds is 2. The highest BCUT2D eigenvalue weighted by atomic mass is 16.6. The van der Waals surface area contributed by atoms with Crippen LogP contribution in [0.1, 0.15) is 23.6 Å². The zero-order chi connectivity index (χ0) is 21.9. The number of nitriles is 1. The molecule has 4 aliphatic rings. The van der Waals surface area contributed by atoms with Crippen molar-refractivity contribution in [2.75, 3.05) is 24.7 Å². The van der Waals surface area contributed by atoms with Gasteiger partial charge in [-0.1, -0.05) is 30.3 Å². The highest BCUT2D eigenvalue weighted by Gasteiger charge is 2.65. The minimum absolute atomic E-state index is 0.0141. The minimum Gasteiger partial charge on any atom is -0.486 e. The van der Waals surface area contributed by atoms with Crippen LogP contribution >= 0.6 is 0 Å². The molecule has 32 heavy (non-hydrogen) atoms. The summed E-state index contributed by atoms with van der Waals surface area (Å²) in [6, 6.07) is 17.5. The smallest absolute Gasteiger partial charge is 0.241 e. The van der Waals surface area contributed by atoms with Gasteiger partial charge in [0.2, 0.25) is 5.91 Å². The van der Waals surface area contributed by atoms with Crippen molar-refractivity contribution in [3.8, 4) is 6.07 Å². The predicted molar refractivity (Wildman–Crippen MR) is 116 cm³/mol. The van der Waals surface area contributed by atoms with Crippen LogP contribution in [0.2, 0.25) is 0 Å². The summed E-state index contributed by atoms with van der Waals surface area (Å²) in [4.78, 5) is 16.0. The quantitative estimate of drug-likeness (QED) is 0.734. The average Bonchev–Trinajstić information content (AvgIpc) is 3.25. The van der Waals surface area contributed by atoms with Crippen molar-refractivity contribution < 1.29 is 19.0 Å². The first kappa shape index (κ1) is 19.1. The topological polar surface area (TPSA) is 71.8 Å². The Kier molecular flexibility index (Phi) is 4.02. The van der Waals surface area contributed by atoms with Crippen LogP contribution in [0.15, 0.2) is 72.2 Å². The fourth-order valence-corrected chi connectivity index (χ4v) is 5.55. The number of ether oxygens (including phenoxy) is 3. The Morgan fingerprint density at radius 3 is 2.78 bits per heavy atom. The monoisotopic (exact) mass is 426 g/mol. The summed E-state index contributed by atoms with van der Waals surface area (Å²) in [6.07, 6.45) is 3.99. The molecule has 6 nitrogen and oxygen atoms in total. The third-order valence-corrected chi connectivity index (χ3v) is 7.04. The lowest BCUT2D eigenvalue weighted by molar-refractivity contribution is -0.124. The molecule has 2 aromatic rings. The number of para-hydroxylation sites is 1. The molecule has 160 valence electrons. The number of hydrogen-bond donors (Lipinski definition) is 0. The van der Waals surface area contributed by atoms with Gasteiger partial charge in [0.15, 0.2) is 11.5 Å². The molecule has 6 heteroatoms. The molecule has 0 aromatic heterocycles. The maximum absolute atomic E-state index is 14.2. The van der Waals surface area contributed by atoms with Crippen molar-refractivity contribution in [3.63, 3.8) is 0 Å². The van der Waals surface area contributed by atoms with Gasteiger partial charge in [-0.15, -0.1) is 0 Å². The lowest BCUT2D eigenvalue weighted by Crippen LogP contribution is -2.48. The Morgan fingerprint density at radius 1 is 1.12 bits per heavy atom. The normalized spacial score (nSPS) is 29.8. The number of fused-ring (bicyclic) bond motifs is 5. The summed E-state index contributed by atoms with van der Waals surface area (Å²) in [5, 5.41) is 9.27. The molecule has 1 aliphatic carbocycles. The van der Waals surface area contributed by atoms with Crippen molar-refractivity contribution in [2.45, 2.75) is 24.5 Å². The Bertz CT molecular complexity index is 1240. The summed E-state index contributed by atoms with van der Waals surface area (Å²) < 4.78 is 18.0. The van der Waals surface area contributed by atoms with E-state index in [1.54, 1.807) is 6.07 Å². The first-order valence-electron chi connectivity index (χ1n) is 10.8. The molecule has 2 saturated heterocycles. The van der Waals surface area contributed by atoms with Crippen LogP contribution in [0.5, 0.6) is 0 Å². The molecule has 0 saturated carbocycles. The van der Waals surface area contributed by atoms with Crippen molar-refractivity contribution >= 4 is 11.6 Å². The van der Waals surface area contributed by atoms with E-state index in [0.29, 0.717) is 36.8 Å². The highest BCUT2D eigenvalue weighted by Crippen LogP contribution is 2.57. The number of benzene rings is 2. The zero-order valence-corrected chi connectivity index (χ0v) is 17.7. The fourth-order valence-electron chi connectivity index (χ4n) is 5.55. The lowest BCUT2D eigenvalue weighted by Gasteiger charge is -2.37. The van der Waals surface area contributed by atoms with E-state index in [2.05, 4.69) is 6.07 Å². The first-order chi connectivity index (χ1) is 15.5. The number of hydrogen-bond acceptors (Lipinski definition) is 5. The molecule has 0 N–H and O–H groups in total. The Balaban J connectivity index is 1.45. The van der Waals surface area contributed by atoms with Crippen molar-refractivity contribution in [3.05, 3.63) is 88.9 Å². The van der Waals surface area contributed by atoms with E-state index in [1.165, 1.54) is 0 Å². The second-order valence-corrected chi connectivity index (χ2v) is 8.88. The summed E-state index contributed by atoms with van der Waals surface area (Å²) >= 11 is 0. The Hall–Kier alpha value is -3.56. The fraction of sp³-hybridized carbons (Fsp3) is 0.308. The molecule has 1 spiro atoms. The summed E-state index contributed by atoms with van der Waals surface area (Å²) in [7, 11) is 0. The van der Waals surface area contributed by atoms with Gasteiger partial charge < -0.3 is 19.1 Å². The van der Waals surface area contributed by atoms with Crippen molar-refractivity contribution in [1.29, 1.82) is 5.26 Å². The van der Waals surface area contributed by atoms with Crippen LogP contribution in [0.4, 0.5) is 5.69 Å². The summed E-state index contributed by atoms with van der Waals surface area (Å²) in [6.45, 7) is 3.69. The van der Waals surface area contributed by atoms with Crippen LogP contribution in [-0.4, -0.2) is 31.3 Å². The largest absolute Gasteiger partial charge is 0.486 e. The van der Waals surface area contributed by atoms with Gasteiger partial charge in [0, 0.05) is 11.6 Å². The number of carbonyl (C=O) groups excluding carboxylic acids is 1. The van der Waals surface area contributed by atoms with Gasteiger partial charge in [0.05, 0.1) is 30.4 Å². The highest BCUT2D eigenvalue weighted by molar-refractivity contribution is 6.09. The lowest BCUT2D eigenvalue weighted by atomic mass is 9.65. The number of carbonyl (C=O) groups is 1. The Morgan fingerprint density at radius 2 is 1.94 bits per heavy atom. The van der Waals surface area contributed by atoms with Crippen molar-refractivity contribution in [1.82, 2.24) is 0 Å². The maximum Gasteiger partial charge on any atom is 0.241 e. The SMILES string of the molecule is CC12C=C3OCCOC3=CC1[C@@]1(CO2)C(=O)N(Cc2cccc(C#N)c2)c2ccccc21. The molecular weight excluding hydrogens is 404 g/mol. The van der Waals surface area contributed by atoms with E-state index in [1.807, 2.05) is 66.4 Å². The molecule has 0 bridgehead atoms. The van der Waals surface area contributed by atoms with E-state index in [9.17, 15) is 10.1 Å². The zero-order valence-electron chi connectivity index (χ0n) is 17.7. The number of anilines is 1. The molecule has 3 atom stereocenters. The van der Waals surface area contributed by atoms with E-state index in [0.717, 1.165) is 16.8 Å². The van der Waals surface area contributed by atoms with Gasteiger partial charge >= 0.3 is 0 Å². The van der Waals surface area contributed by atoms with Crippen LogP contribution in [0, 0.1) is 17.2 Å². The molecule has 3 aliphatic heterocycles. The molecule has 2 aromatic carbocycles. The van der Waals surface area contributed by atoms with Crippen molar-refractivity contribution in [2.24, 2.45) is 5.92 Å². The van der Waals surface area contributed by atoms with Gasteiger partial charge in [-0.2, -0.15) is 5.26 Å². The summed E-state index contributed by atoms with van der Waals surface area (Å²) in [5.74, 6) is 1.17. The average molecular weight is 426 g/mol. The molecule has 0 radical (unpaired) electrons. The molecule has 2 unspecified atom stereocenters. The van der Waals surface area contributed by atoms with E-state index in [4.69, 9.17) is 14.2 Å². The van der Waals surface area contributed by atoms with Crippen LogP contribution < -0.4 is 4.90 Å². The van der Waals surface area contributed by atoms with Crippen LogP contribution in [-0.2, 0) is 31.0 Å². The van der Waals surface area contributed by atoms with Gasteiger partial charge in [-0.3, -0.25) is 4.79 Å². The summed E-state index contributed by atoms with van der Waals surface area (Å²) in [5.41, 5.74) is 1.85. The van der Waals surface area contributed by atoms with E-state index in [-0.39, 0.29) is 18.4 Å². The van der Waals surface area contributed by atoms with Gasteiger partial charge in [-0.05, 0) is 48.4 Å². The molecule has 2 fully saturated rings. The standard InChI is InChI=1S/C26H22N2O4/c1-25-13-22-21(30-9-10-31-22)12-23(25)26(16-32-25)19-7-2-3-8-20(19)28(24(26)29)15-18-6-4-5-17(11-18)14-27/h2-8,11-13,23H,9-10,15-16H2,1H3/t23?,25?,26-/m0/s1. The van der Waals surface area contributed by atoms with E-state index >= 15 is 0 Å². The van der Waals surface area contributed by atoms with Crippen LogP contribution in [0.25, 0.3) is 0 Å². The number of nitrogens with zero attached hydrogens (tertiary/aromatic N) is 2. The van der Waals surface area contributed by atoms with Crippen LogP contribution in [0.3, 0.4) is 0 Å². The Labute approximate surface area is 186 Å². The van der Waals surface area contributed by atoms with E-state index < -0.39 is 11.0 Å². The number of amides is 1. The van der Waals surface area contributed by atoms with Gasteiger partial charge in [0.1, 0.15) is 18.6 Å². The molecule has 1 amide bonds. The third kappa shape index (κ3) is 2.52. The maximum atomic E-state index is 14.2. The third-order valence-electron chi connectivity index (χ3n) is 7.04. The molecule has 3 heterocycles. The molecule has 6 rings (SSSR count). The van der Waals surface area contributed by atoms with Gasteiger partial charge in [-0.25, -0.2) is 0 Å². The minimum atomic E-state index is -0.839.